The largest absolute Gasteiger partial charge is 0.480 e. The van der Waals surface area contributed by atoms with Crippen LogP contribution in [-0.4, -0.2) is 26.9 Å². The van der Waals surface area contributed by atoms with Crippen LogP contribution in [0.5, 0.6) is 0 Å². The fraction of sp³-hybridized carbons (Fsp3) is 0.667. The maximum absolute atomic E-state index is 11.1. The van der Waals surface area contributed by atoms with Crippen LogP contribution in [0.3, 0.4) is 0 Å². The number of hydrogen-bond donors (Lipinski definition) is 2. The number of aliphatic carboxylic acids is 1. The molecule has 2 N–H and O–H groups in total. The van der Waals surface area contributed by atoms with Gasteiger partial charge >= 0.3 is 5.97 Å². The smallest absolute Gasteiger partial charge is 0.320 e. The van der Waals surface area contributed by atoms with Gasteiger partial charge in [-0.15, -0.1) is 0 Å². The van der Waals surface area contributed by atoms with E-state index in [1.54, 1.807) is 0 Å². The molecule has 1 aliphatic rings. The summed E-state index contributed by atoms with van der Waals surface area (Å²) in [7, 11) is 1.90. The summed E-state index contributed by atoms with van der Waals surface area (Å²) in [6, 6.07) is -0.408. The lowest BCUT2D eigenvalue weighted by atomic mass is 10.1. The van der Waals surface area contributed by atoms with Crippen molar-refractivity contribution < 1.29 is 9.90 Å². The number of aryl methyl sites for hydroxylation is 2. The van der Waals surface area contributed by atoms with Crippen LogP contribution in [0.15, 0.2) is 0 Å². The van der Waals surface area contributed by atoms with Gasteiger partial charge in [0.15, 0.2) is 0 Å². The Labute approximate surface area is 101 Å². The van der Waals surface area contributed by atoms with E-state index >= 15 is 0 Å². The lowest BCUT2D eigenvalue weighted by Gasteiger charge is -2.13. The molecular formula is C12H19N3O2. The highest BCUT2D eigenvalue weighted by atomic mass is 16.4. The summed E-state index contributed by atoms with van der Waals surface area (Å²) in [4.78, 5) is 11.1. The maximum atomic E-state index is 11.1. The Morgan fingerprint density at radius 2 is 2.24 bits per heavy atom. The van der Waals surface area contributed by atoms with E-state index in [0.717, 1.165) is 29.8 Å². The Morgan fingerprint density at radius 1 is 1.59 bits per heavy atom. The Balaban J connectivity index is 2.03. The molecule has 1 atom stereocenters. The average molecular weight is 237 g/mol. The lowest BCUT2D eigenvalue weighted by Crippen LogP contribution is -2.38. The monoisotopic (exact) mass is 237 g/mol. The van der Waals surface area contributed by atoms with Crippen LogP contribution in [0.1, 0.15) is 29.8 Å². The minimum atomic E-state index is -0.744. The van der Waals surface area contributed by atoms with Crippen molar-refractivity contribution in [2.75, 3.05) is 0 Å². The van der Waals surface area contributed by atoms with Crippen molar-refractivity contribution in [3.05, 3.63) is 17.0 Å². The van der Waals surface area contributed by atoms with E-state index in [9.17, 15) is 4.79 Å². The molecule has 0 radical (unpaired) electrons. The van der Waals surface area contributed by atoms with Gasteiger partial charge in [0, 0.05) is 24.8 Å². The van der Waals surface area contributed by atoms with E-state index in [4.69, 9.17) is 5.11 Å². The normalized spacial score (nSPS) is 17.1. The molecule has 0 aliphatic heterocycles. The first-order chi connectivity index (χ1) is 8.00. The lowest BCUT2D eigenvalue weighted by molar-refractivity contribution is -0.140. The van der Waals surface area contributed by atoms with Gasteiger partial charge in [-0.05, 0) is 32.6 Å². The second-order valence-electron chi connectivity index (χ2n) is 4.81. The zero-order valence-corrected chi connectivity index (χ0v) is 10.5. The van der Waals surface area contributed by atoms with E-state index in [0.29, 0.717) is 12.5 Å². The summed E-state index contributed by atoms with van der Waals surface area (Å²) in [5.41, 5.74) is 3.17. The van der Waals surface area contributed by atoms with Gasteiger partial charge in [0.1, 0.15) is 6.04 Å². The molecule has 1 aromatic rings. The van der Waals surface area contributed by atoms with Crippen molar-refractivity contribution in [2.24, 2.45) is 13.0 Å². The molecule has 1 aliphatic carbocycles. The van der Waals surface area contributed by atoms with Gasteiger partial charge < -0.3 is 5.11 Å². The second kappa shape index (κ2) is 4.49. The molecule has 1 saturated carbocycles. The fourth-order valence-electron chi connectivity index (χ4n) is 2.17. The van der Waals surface area contributed by atoms with Gasteiger partial charge in [-0.25, -0.2) is 0 Å². The van der Waals surface area contributed by atoms with Crippen molar-refractivity contribution in [1.82, 2.24) is 15.1 Å². The van der Waals surface area contributed by atoms with Crippen molar-refractivity contribution in [2.45, 2.75) is 39.3 Å². The Morgan fingerprint density at radius 3 is 2.65 bits per heavy atom. The topological polar surface area (TPSA) is 67.2 Å². The minimum absolute atomic E-state index is 0.310. The summed E-state index contributed by atoms with van der Waals surface area (Å²) < 4.78 is 1.83. The molecule has 0 saturated heterocycles. The van der Waals surface area contributed by atoms with Gasteiger partial charge in [-0.2, -0.15) is 5.10 Å². The standard InChI is InChI=1S/C12H19N3O2/c1-7-10(8(2)15(3)14-7)6-13-11(12(16)17)9-4-5-9/h9,11,13H,4-6H2,1-3H3,(H,16,17). The Bertz CT molecular complexity index is 435. The first-order valence-electron chi connectivity index (χ1n) is 5.96. The van der Waals surface area contributed by atoms with Crippen molar-refractivity contribution >= 4 is 5.97 Å². The summed E-state index contributed by atoms with van der Waals surface area (Å²) in [6.45, 7) is 4.54. The Kier molecular flexibility index (Phi) is 3.19. The number of aromatic nitrogens is 2. The van der Waals surface area contributed by atoms with Gasteiger partial charge in [-0.3, -0.25) is 14.8 Å². The van der Waals surface area contributed by atoms with Crippen molar-refractivity contribution in [3.8, 4) is 0 Å². The number of carboxylic acid groups (broad SMARTS) is 1. The molecule has 94 valence electrons. The van der Waals surface area contributed by atoms with Crippen molar-refractivity contribution in [3.63, 3.8) is 0 Å². The van der Waals surface area contributed by atoms with Crippen LogP contribution in [0.4, 0.5) is 0 Å². The maximum Gasteiger partial charge on any atom is 0.320 e. The predicted molar refractivity (Wildman–Crippen MR) is 63.7 cm³/mol. The van der Waals surface area contributed by atoms with E-state index in [2.05, 4.69) is 10.4 Å². The molecule has 0 amide bonds. The third-order valence-electron chi connectivity index (χ3n) is 3.52. The third kappa shape index (κ3) is 2.49. The predicted octanol–water partition coefficient (Wildman–Crippen LogP) is 0.990. The van der Waals surface area contributed by atoms with E-state index < -0.39 is 12.0 Å². The van der Waals surface area contributed by atoms with Crippen LogP contribution in [0.25, 0.3) is 0 Å². The highest BCUT2D eigenvalue weighted by molar-refractivity contribution is 5.74. The van der Waals surface area contributed by atoms with Crippen LogP contribution in [0, 0.1) is 19.8 Å². The first-order valence-corrected chi connectivity index (χ1v) is 5.96. The molecule has 1 heterocycles. The number of rotatable bonds is 5. The third-order valence-corrected chi connectivity index (χ3v) is 3.52. The molecule has 1 fully saturated rings. The van der Waals surface area contributed by atoms with Gasteiger partial charge in [0.25, 0.3) is 0 Å². The van der Waals surface area contributed by atoms with E-state index in [-0.39, 0.29) is 0 Å². The van der Waals surface area contributed by atoms with Crippen LogP contribution in [0.2, 0.25) is 0 Å². The molecule has 0 aromatic carbocycles. The number of hydrogen-bond acceptors (Lipinski definition) is 3. The number of nitrogens with zero attached hydrogens (tertiary/aromatic N) is 2. The van der Waals surface area contributed by atoms with E-state index in [1.807, 2.05) is 25.6 Å². The summed E-state index contributed by atoms with van der Waals surface area (Å²) in [5.74, 6) is -0.434. The number of carbonyl (C=O) groups is 1. The van der Waals surface area contributed by atoms with Gasteiger partial charge in [0.2, 0.25) is 0 Å². The SMILES string of the molecule is Cc1nn(C)c(C)c1CNC(C(=O)O)C1CC1. The molecule has 0 bridgehead atoms. The second-order valence-corrected chi connectivity index (χ2v) is 4.81. The molecule has 1 unspecified atom stereocenters. The number of nitrogens with one attached hydrogen (secondary N) is 1. The van der Waals surface area contributed by atoms with Crippen molar-refractivity contribution in [1.29, 1.82) is 0 Å². The Hall–Kier alpha value is -1.36. The zero-order chi connectivity index (χ0) is 12.6. The van der Waals surface area contributed by atoms with Crippen LogP contribution < -0.4 is 5.32 Å². The zero-order valence-electron chi connectivity index (χ0n) is 10.5. The number of carboxylic acids is 1. The minimum Gasteiger partial charge on any atom is -0.480 e. The molecule has 5 heteroatoms. The molecule has 5 nitrogen and oxygen atoms in total. The van der Waals surface area contributed by atoms with E-state index in [1.165, 1.54) is 0 Å². The highest BCUT2D eigenvalue weighted by Gasteiger charge is 2.35. The fourth-order valence-corrected chi connectivity index (χ4v) is 2.17. The molecule has 0 spiro atoms. The van der Waals surface area contributed by atoms with Crippen LogP contribution in [-0.2, 0) is 18.4 Å². The average Bonchev–Trinajstić information content (AvgIpc) is 3.02. The molecule has 2 rings (SSSR count). The quantitative estimate of drug-likeness (QED) is 0.801. The molecule has 1 aromatic heterocycles. The highest BCUT2D eigenvalue weighted by Crippen LogP contribution is 2.33. The first kappa shape index (κ1) is 12.1. The summed E-state index contributed by atoms with van der Waals surface area (Å²) in [6.07, 6.45) is 2.05. The van der Waals surface area contributed by atoms with Crippen LogP contribution >= 0.6 is 0 Å². The van der Waals surface area contributed by atoms with Gasteiger partial charge in [-0.1, -0.05) is 0 Å². The molecular weight excluding hydrogens is 218 g/mol. The molecule has 17 heavy (non-hydrogen) atoms. The summed E-state index contributed by atoms with van der Waals surface area (Å²) in [5, 5.41) is 16.6. The van der Waals surface area contributed by atoms with Gasteiger partial charge in [0.05, 0.1) is 5.69 Å². The summed E-state index contributed by atoms with van der Waals surface area (Å²) >= 11 is 0.